The van der Waals surface area contributed by atoms with Crippen LogP contribution in [0.1, 0.15) is 0 Å². The second-order valence-corrected chi connectivity index (χ2v) is 4.40. The first-order valence-electron chi connectivity index (χ1n) is 6.19. The molecule has 0 spiro atoms. The summed E-state index contributed by atoms with van der Waals surface area (Å²) in [4.78, 5) is 7.80. The maximum absolute atomic E-state index is 5.93. The van der Waals surface area contributed by atoms with Crippen molar-refractivity contribution in [1.29, 1.82) is 0 Å². The Labute approximate surface area is 116 Å². The fourth-order valence-electron chi connectivity index (χ4n) is 2.18. The lowest BCUT2D eigenvalue weighted by Crippen LogP contribution is -1.91. The fourth-order valence-corrected chi connectivity index (χ4v) is 2.18. The van der Waals surface area contributed by atoms with E-state index in [1.807, 2.05) is 36.4 Å². The lowest BCUT2D eigenvalue weighted by atomic mass is 10.2. The van der Waals surface area contributed by atoms with Crippen molar-refractivity contribution in [3.8, 4) is 22.9 Å². The van der Waals surface area contributed by atoms with Crippen molar-refractivity contribution in [2.45, 2.75) is 0 Å². The van der Waals surface area contributed by atoms with Crippen molar-refractivity contribution in [3.05, 3.63) is 36.4 Å². The third-order valence-corrected chi connectivity index (χ3v) is 3.21. The molecule has 5 heteroatoms. The van der Waals surface area contributed by atoms with Crippen LogP contribution in [0.4, 0.5) is 5.69 Å². The van der Waals surface area contributed by atoms with E-state index in [-0.39, 0.29) is 0 Å². The van der Waals surface area contributed by atoms with Gasteiger partial charge in [0.05, 0.1) is 31.0 Å². The number of ether oxygens (including phenoxy) is 2. The number of aromatic amines is 1. The van der Waals surface area contributed by atoms with E-state index in [0.717, 1.165) is 28.2 Å². The predicted octanol–water partition coefficient (Wildman–Crippen LogP) is 2.83. The number of nitrogen functional groups attached to an aromatic ring is 1. The number of hydrogen-bond donors (Lipinski definition) is 2. The van der Waals surface area contributed by atoms with Crippen molar-refractivity contribution in [3.63, 3.8) is 0 Å². The van der Waals surface area contributed by atoms with Crippen LogP contribution in [0, 0.1) is 0 Å². The summed E-state index contributed by atoms with van der Waals surface area (Å²) >= 11 is 0. The Morgan fingerprint density at radius 1 is 1.10 bits per heavy atom. The van der Waals surface area contributed by atoms with E-state index in [0.29, 0.717) is 11.4 Å². The summed E-state index contributed by atoms with van der Waals surface area (Å²) in [6.45, 7) is 0. The Morgan fingerprint density at radius 2 is 1.95 bits per heavy atom. The molecule has 102 valence electrons. The maximum atomic E-state index is 5.93. The van der Waals surface area contributed by atoms with Gasteiger partial charge >= 0.3 is 0 Å². The predicted molar refractivity (Wildman–Crippen MR) is 79.0 cm³/mol. The van der Waals surface area contributed by atoms with Gasteiger partial charge in [-0.2, -0.15) is 0 Å². The van der Waals surface area contributed by atoms with E-state index >= 15 is 0 Å². The molecule has 1 heterocycles. The molecule has 0 aliphatic heterocycles. The van der Waals surface area contributed by atoms with Crippen LogP contribution in [-0.4, -0.2) is 24.2 Å². The topological polar surface area (TPSA) is 73.2 Å². The Morgan fingerprint density at radius 3 is 2.65 bits per heavy atom. The van der Waals surface area contributed by atoms with Gasteiger partial charge in [-0.25, -0.2) is 4.98 Å². The number of nitrogens with one attached hydrogen (secondary N) is 1. The number of para-hydroxylation sites is 1. The molecule has 0 bridgehead atoms. The lowest BCUT2D eigenvalue weighted by Gasteiger charge is -2.08. The number of anilines is 1. The van der Waals surface area contributed by atoms with E-state index in [9.17, 15) is 0 Å². The maximum Gasteiger partial charge on any atom is 0.142 e. The normalized spacial score (nSPS) is 10.7. The Bertz CT molecular complexity index is 765. The van der Waals surface area contributed by atoms with Crippen molar-refractivity contribution in [1.82, 2.24) is 9.97 Å². The van der Waals surface area contributed by atoms with Crippen molar-refractivity contribution >= 4 is 16.7 Å². The molecule has 3 rings (SSSR count). The van der Waals surface area contributed by atoms with Gasteiger partial charge in [0.15, 0.2) is 0 Å². The summed E-state index contributed by atoms with van der Waals surface area (Å²) in [7, 11) is 3.24. The zero-order valence-electron chi connectivity index (χ0n) is 11.3. The minimum atomic E-state index is 0.650. The number of rotatable bonds is 3. The number of nitrogens with two attached hydrogens (primary N) is 1. The summed E-state index contributed by atoms with van der Waals surface area (Å²) < 4.78 is 10.6. The van der Waals surface area contributed by atoms with Crippen LogP contribution in [0.5, 0.6) is 11.5 Å². The summed E-state index contributed by atoms with van der Waals surface area (Å²) in [5.41, 5.74) is 9.11. The highest BCUT2D eigenvalue weighted by atomic mass is 16.5. The van der Waals surface area contributed by atoms with Gasteiger partial charge in [0, 0.05) is 6.07 Å². The van der Waals surface area contributed by atoms with Crippen LogP contribution < -0.4 is 15.2 Å². The third kappa shape index (κ3) is 1.93. The Hall–Kier alpha value is -2.69. The minimum Gasteiger partial charge on any atom is -0.497 e. The van der Waals surface area contributed by atoms with Gasteiger partial charge in [-0.15, -0.1) is 0 Å². The second-order valence-electron chi connectivity index (χ2n) is 4.40. The van der Waals surface area contributed by atoms with Crippen molar-refractivity contribution < 1.29 is 9.47 Å². The molecule has 0 radical (unpaired) electrons. The number of hydrogen-bond acceptors (Lipinski definition) is 4. The molecule has 20 heavy (non-hydrogen) atoms. The van der Waals surface area contributed by atoms with Crippen LogP contribution in [0.3, 0.4) is 0 Å². The Kier molecular flexibility index (Phi) is 2.95. The number of benzene rings is 2. The first-order chi connectivity index (χ1) is 9.72. The summed E-state index contributed by atoms with van der Waals surface area (Å²) in [6, 6.07) is 11.3. The van der Waals surface area contributed by atoms with Gasteiger partial charge in [-0.05, 0) is 24.3 Å². The molecule has 0 unspecified atom stereocenters. The molecule has 2 aromatic carbocycles. The fraction of sp³-hybridized carbons (Fsp3) is 0.133. The monoisotopic (exact) mass is 269 g/mol. The van der Waals surface area contributed by atoms with Crippen LogP contribution in [0.25, 0.3) is 22.4 Å². The van der Waals surface area contributed by atoms with E-state index in [4.69, 9.17) is 15.2 Å². The second kappa shape index (κ2) is 4.77. The quantitative estimate of drug-likeness (QED) is 0.717. The average Bonchev–Trinajstić information content (AvgIpc) is 2.92. The third-order valence-electron chi connectivity index (χ3n) is 3.21. The van der Waals surface area contributed by atoms with Gasteiger partial charge < -0.3 is 20.2 Å². The minimum absolute atomic E-state index is 0.650. The molecule has 0 atom stereocenters. The van der Waals surface area contributed by atoms with Gasteiger partial charge in [-0.1, -0.05) is 6.07 Å². The molecule has 1 aromatic heterocycles. The summed E-state index contributed by atoms with van der Waals surface area (Å²) in [6.07, 6.45) is 0. The van der Waals surface area contributed by atoms with Gasteiger partial charge in [0.25, 0.3) is 0 Å². The molecule has 0 amide bonds. The molecular formula is C15H15N3O2. The van der Waals surface area contributed by atoms with Crippen molar-refractivity contribution in [2.24, 2.45) is 0 Å². The Balaban J connectivity index is 2.17. The molecule has 0 aliphatic rings. The van der Waals surface area contributed by atoms with Crippen LogP contribution in [0.2, 0.25) is 0 Å². The molecule has 0 saturated carbocycles. The van der Waals surface area contributed by atoms with Crippen molar-refractivity contribution in [2.75, 3.05) is 20.0 Å². The smallest absolute Gasteiger partial charge is 0.142 e. The molecule has 3 N–H and O–H groups in total. The highest BCUT2D eigenvalue weighted by Crippen LogP contribution is 2.33. The van der Waals surface area contributed by atoms with Crippen LogP contribution >= 0.6 is 0 Å². The van der Waals surface area contributed by atoms with Gasteiger partial charge in [0.2, 0.25) is 0 Å². The number of imidazole rings is 1. The molecule has 5 nitrogen and oxygen atoms in total. The summed E-state index contributed by atoms with van der Waals surface area (Å²) in [5, 5.41) is 0. The summed E-state index contributed by atoms with van der Waals surface area (Å²) in [5.74, 6) is 2.15. The zero-order chi connectivity index (χ0) is 14.1. The lowest BCUT2D eigenvalue weighted by molar-refractivity contribution is 0.395. The molecular weight excluding hydrogens is 254 g/mol. The van der Waals surface area contributed by atoms with Gasteiger partial charge in [0.1, 0.15) is 22.8 Å². The van der Waals surface area contributed by atoms with Crippen LogP contribution in [-0.2, 0) is 0 Å². The molecule has 0 fully saturated rings. The van der Waals surface area contributed by atoms with E-state index < -0.39 is 0 Å². The van der Waals surface area contributed by atoms with Crippen LogP contribution in [0.15, 0.2) is 36.4 Å². The number of aromatic nitrogens is 2. The molecule has 0 saturated heterocycles. The molecule has 0 aliphatic carbocycles. The largest absolute Gasteiger partial charge is 0.497 e. The highest BCUT2D eigenvalue weighted by Gasteiger charge is 2.12. The van der Waals surface area contributed by atoms with E-state index in [1.54, 1.807) is 14.2 Å². The van der Waals surface area contributed by atoms with Gasteiger partial charge in [-0.3, -0.25) is 0 Å². The first-order valence-corrected chi connectivity index (χ1v) is 6.19. The standard InChI is InChI=1S/C15H15N3O2/c1-19-9-6-7-10(13(8-9)20-2)15-17-12-5-3-4-11(16)14(12)18-15/h3-8H,16H2,1-2H3,(H,17,18). The number of nitrogens with zero attached hydrogens (tertiary/aromatic N) is 1. The number of H-pyrrole nitrogens is 1. The van der Waals surface area contributed by atoms with E-state index in [1.165, 1.54) is 0 Å². The number of fused-ring (bicyclic) bond motifs is 1. The van der Waals surface area contributed by atoms with E-state index in [2.05, 4.69) is 9.97 Å². The number of methoxy groups -OCH3 is 2. The molecule has 3 aromatic rings. The highest BCUT2D eigenvalue weighted by molar-refractivity contribution is 5.89. The first kappa shape index (κ1) is 12.3. The zero-order valence-corrected chi connectivity index (χ0v) is 11.3. The average molecular weight is 269 g/mol. The SMILES string of the molecule is COc1ccc(-c2nc3c(N)cccc3[nH]2)c(OC)c1.